The van der Waals surface area contributed by atoms with E-state index in [4.69, 9.17) is 16.2 Å². The fraction of sp³-hybridized carbons (Fsp3) is 0.667. The SMILES string of the molecule is CC1C=C2CC=CC(S(=O)(=O)N[C@H](C[C@@H](C)CN=C(N)N)C(=O)OC3(C)CCCCN3C(=O)O)C2=NC1. The molecule has 2 heterocycles. The second-order valence-corrected chi connectivity index (χ2v) is 12.1. The number of nitrogens with zero attached hydrogens (tertiary/aromatic N) is 3. The van der Waals surface area contributed by atoms with E-state index in [2.05, 4.69) is 14.7 Å². The van der Waals surface area contributed by atoms with Gasteiger partial charge in [0, 0.05) is 26.1 Å². The number of hydrogen-bond acceptors (Lipinski definition) is 7. The van der Waals surface area contributed by atoms with Gasteiger partial charge in [0.15, 0.2) is 11.7 Å². The summed E-state index contributed by atoms with van der Waals surface area (Å²) in [5, 5.41) is 8.58. The number of allylic oxidation sites excluding steroid dienone is 2. The summed E-state index contributed by atoms with van der Waals surface area (Å²) < 4.78 is 35.4. The topological polar surface area (TPSA) is 190 Å². The summed E-state index contributed by atoms with van der Waals surface area (Å²) in [7, 11) is -4.11. The number of likely N-dealkylation sites (tertiary alicyclic amines) is 1. The quantitative estimate of drug-likeness (QED) is 0.146. The Hall–Kier alpha value is -2.93. The number of guanidine groups is 1. The molecule has 1 amide bonds. The minimum atomic E-state index is -4.11. The van der Waals surface area contributed by atoms with E-state index < -0.39 is 39.1 Å². The zero-order chi connectivity index (χ0) is 27.4. The monoisotopic (exact) mass is 538 g/mol. The molecule has 12 nitrogen and oxygen atoms in total. The Morgan fingerprint density at radius 1 is 1.38 bits per heavy atom. The van der Waals surface area contributed by atoms with Crippen molar-refractivity contribution in [3.8, 4) is 0 Å². The lowest BCUT2D eigenvalue weighted by atomic mass is 9.92. The van der Waals surface area contributed by atoms with E-state index in [9.17, 15) is 23.1 Å². The average Bonchev–Trinajstić information content (AvgIpc) is 2.81. The van der Waals surface area contributed by atoms with Gasteiger partial charge in [-0.2, -0.15) is 0 Å². The van der Waals surface area contributed by atoms with Crippen LogP contribution in [0.1, 0.15) is 52.9 Å². The maximum atomic E-state index is 13.6. The van der Waals surface area contributed by atoms with Gasteiger partial charge in [-0.15, -0.1) is 0 Å². The number of ether oxygens (including phenoxy) is 1. The summed E-state index contributed by atoms with van der Waals surface area (Å²) in [4.78, 5) is 34.8. The molecule has 0 spiro atoms. The van der Waals surface area contributed by atoms with Crippen LogP contribution in [0.5, 0.6) is 0 Å². The molecule has 206 valence electrons. The molecule has 6 N–H and O–H groups in total. The highest BCUT2D eigenvalue weighted by Crippen LogP contribution is 2.31. The van der Waals surface area contributed by atoms with Crippen LogP contribution in [0.15, 0.2) is 33.8 Å². The van der Waals surface area contributed by atoms with Gasteiger partial charge in [-0.05, 0) is 50.0 Å². The van der Waals surface area contributed by atoms with E-state index in [1.165, 1.54) is 6.92 Å². The van der Waals surface area contributed by atoms with Gasteiger partial charge in [0.05, 0.1) is 5.71 Å². The van der Waals surface area contributed by atoms with Gasteiger partial charge in [0.2, 0.25) is 10.0 Å². The summed E-state index contributed by atoms with van der Waals surface area (Å²) in [5.41, 5.74) is 10.8. The number of nitrogens with two attached hydrogens (primary N) is 2. The van der Waals surface area contributed by atoms with Crippen molar-refractivity contribution >= 4 is 33.8 Å². The molecule has 37 heavy (non-hydrogen) atoms. The predicted octanol–water partition coefficient (Wildman–Crippen LogP) is 1.34. The lowest BCUT2D eigenvalue weighted by molar-refractivity contribution is -0.184. The maximum absolute atomic E-state index is 13.6. The van der Waals surface area contributed by atoms with Gasteiger partial charge >= 0.3 is 12.1 Å². The molecule has 2 aliphatic heterocycles. The summed E-state index contributed by atoms with van der Waals surface area (Å²) in [5.74, 6) is -1.04. The molecule has 13 heteroatoms. The van der Waals surface area contributed by atoms with Crippen LogP contribution in [0.25, 0.3) is 0 Å². The number of esters is 1. The van der Waals surface area contributed by atoms with Crippen LogP contribution in [0.3, 0.4) is 0 Å². The molecular formula is C24H38N6O6S. The van der Waals surface area contributed by atoms with E-state index >= 15 is 0 Å². The highest BCUT2D eigenvalue weighted by Gasteiger charge is 2.44. The predicted molar refractivity (Wildman–Crippen MR) is 140 cm³/mol. The Morgan fingerprint density at radius 2 is 2.11 bits per heavy atom. The largest absolute Gasteiger partial charge is 0.465 e. The number of hydrogen-bond donors (Lipinski definition) is 4. The first-order chi connectivity index (χ1) is 17.3. The molecule has 5 atom stereocenters. The first kappa shape index (κ1) is 28.6. The van der Waals surface area contributed by atoms with Crippen molar-refractivity contribution in [2.75, 3.05) is 19.6 Å². The summed E-state index contributed by atoms with van der Waals surface area (Å²) >= 11 is 0. The first-order valence-corrected chi connectivity index (χ1v) is 14.1. The Labute approximate surface area is 218 Å². The fourth-order valence-electron chi connectivity index (χ4n) is 4.92. The number of dihydropyridines is 1. The summed E-state index contributed by atoms with van der Waals surface area (Å²) in [6, 6.07) is -1.28. The van der Waals surface area contributed by atoms with Crippen molar-refractivity contribution in [2.45, 2.75) is 69.9 Å². The fourth-order valence-corrected chi connectivity index (χ4v) is 6.49. The molecule has 0 aromatic carbocycles. The third kappa shape index (κ3) is 7.10. The standard InChI is InChI=1S/C24H38N6O6S/c1-15-11-17-7-6-8-19(20(17)27-13-15)37(34,35)29-18(12-16(2)14-28-22(25)26)21(31)36-24(3)9-4-5-10-30(24)23(32)33/h6,8,11,15-16,18-19,29H,4-5,7,9-10,12-14H2,1-3H3,(H,32,33)(H4,25,26,28)/t15?,16-,18-,19?,24?/m1/s1. The number of fused-ring (bicyclic) bond motifs is 1. The number of amides is 1. The van der Waals surface area contributed by atoms with Gasteiger partial charge in [-0.3, -0.25) is 19.7 Å². The van der Waals surface area contributed by atoms with Gasteiger partial charge < -0.3 is 21.3 Å². The Balaban J connectivity index is 1.86. The van der Waals surface area contributed by atoms with Crippen molar-refractivity contribution in [1.29, 1.82) is 0 Å². The number of piperidine rings is 1. The molecule has 0 radical (unpaired) electrons. The Morgan fingerprint density at radius 3 is 2.78 bits per heavy atom. The number of nitrogens with one attached hydrogen (secondary N) is 1. The summed E-state index contributed by atoms with van der Waals surface area (Å²) in [6.45, 7) is 6.21. The third-order valence-corrected chi connectivity index (χ3v) is 8.49. The van der Waals surface area contributed by atoms with Crippen molar-refractivity contribution in [2.24, 2.45) is 33.3 Å². The van der Waals surface area contributed by atoms with Crippen LogP contribution >= 0.6 is 0 Å². The van der Waals surface area contributed by atoms with Crippen LogP contribution in [0, 0.1) is 11.8 Å². The van der Waals surface area contributed by atoms with Gasteiger partial charge in [-0.1, -0.05) is 32.1 Å². The molecule has 3 unspecified atom stereocenters. The number of carbonyl (C=O) groups is 2. The average molecular weight is 539 g/mol. The third-order valence-electron chi connectivity index (χ3n) is 6.83. The van der Waals surface area contributed by atoms with E-state index in [0.717, 1.165) is 10.5 Å². The number of aliphatic imine (C=N–C) groups is 2. The second kappa shape index (κ2) is 11.6. The molecule has 1 aliphatic carbocycles. The zero-order valence-corrected chi connectivity index (χ0v) is 22.4. The first-order valence-electron chi connectivity index (χ1n) is 12.5. The van der Waals surface area contributed by atoms with Gasteiger partial charge in [-0.25, -0.2) is 17.9 Å². The number of carbonyl (C=O) groups excluding carboxylic acids is 1. The van der Waals surface area contributed by atoms with E-state index in [1.807, 2.05) is 13.0 Å². The number of carboxylic acid groups (broad SMARTS) is 1. The molecule has 0 bridgehead atoms. The zero-order valence-electron chi connectivity index (χ0n) is 21.6. The van der Waals surface area contributed by atoms with Crippen LogP contribution in [0.4, 0.5) is 4.79 Å². The molecular weight excluding hydrogens is 500 g/mol. The lowest BCUT2D eigenvalue weighted by Gasteiger charge is -2.42. The lowest BCUT2D eigenvalue weighted by Crippen LogP contribution is -2.57. The summed E-state index contributed by atoms with van der Waals surface area (Å²) in [6.07, 6.45) is 6.46. The van der Waals surface area contributed by atoms with Crippen LogP contribution in [-0.4, -0.2) is 78.8 Å². The minimum absolute atomic E-state index is 0.0423. The van der Waals surface area contributed by atoms with E-state index in [1.54, 1.807) is 19.1 Å². The van der Waals surface area contributed by atoms with Crippen molar-refractivity contribution < 1.29 is 27.9 Å². The minimum Gasteiger partial charge on any atom is -0.465 e. The Bertz CT molecular complexity index is 1110. The molecule has 1 saturated heterocycles. The highest BCUT2D eigenvalue weighted by molar-refractivity contribution is 7.91. The van der Waals surface area contributed by atoms with Crippen LogP contribution in [0.2, 0.25) is 0 Å². The maximum Gasteiger partial charge on any atom is 0.410 e. The normalized spacial score (nSPS) is 27.3. The smallest absolute Gasteiger partial charge is 0.410 e. The Kier molecular flexibility index (Phi) is 9.00. The molecule has 1 fully saturated rings. The molecule has 3 aliphatic rings. The van der Waals surface area contributed by atoms with Gasteiger partial charge in [0.1, 0.15) is 11.3 Å². The van der Waals surface area contributed by atoms with Crippen molar-refractivity contribution in [3.05, 3.63) is 23.8 Å². The van der Waals surface area contributed by atoms with Crippen LogP contribution < -0.4 is 16.2 Å². The second-order valence-electron chi connectivity index (χ2n) is 10.3. The van der Waals surface area contributed by atoms with Crippen molar-refractivity contribution in [3.63, 3.8) is 0 Å². The van der Waals surface area contributed by atoms with Gasteiger partial charge in [0.25, 0.3) is 0 Å². The van der Waals surface area contributed by atoms with Crippen molar-refractivity contribution in [1.82, 2.24) is 9.62 Å². The number of sulfonamides is 1. The number of rotatable bonds is 9. The molecule has 0 aromatic rings. The van der Waals surface area contributed by atoms with Crippen LogP contribution in [-0.2, 0) is 19.6 Å². The molecule has 3 rings (SSSR count). The van der Waals surface area contributed by atoms with E-state index in [-0.39, 0.29) is 37.3 Å². The molecule has 0 saturated carbocycles. The van der Waals surface area contributed by atoms with E-state index in [0.29, 0.717) is 37.9 Å². The molecule has 0 aromatic heterocycles. The highest BCUT2D eigenvalue weighted by atomic mass is 32.2.